The molecule has 1 aromatic heterocycles. The van der Waals surface area contributed by atoms with Crippen molar-refractivity contribution in [2.75, 3.05) is 25.5 Å². The number of hydrogen-bond acceptors (Lipinski definition) is 4. The van der Waals surface area contributed by atoms with Crippen LogP contribution < -0.4 is 10.6 Å². The fourth-order valence-electron chi connectivity index (χ4n) is 1.36. The van der Waals surface area contributed by atoms with Gasteiger partial charge in [0.2, 0.25) is 0 Å². The maximum atomic E-state index is 11.9. The van der Waals surface area contributed by atoms with Crippen LogP contribution in [0, 0.1) is 0 Å². The van der Waals surface area contributed by atoms with Crippen molar-refractivity contribution in [3.05, 3.63) is 22.8 Å². The highest BCUT2D eigenvalue weighted by Crippen LogP contribution is 2.19. The normalized spacial score (nSPS) is 12.0. The van der Waals surface area contributed by atoms with Gasteiger partial charge in [-0.25, -0.2) is 4.98 Å². The summed E-state index contributed by atoms with van der Waals surface area (Å²) in [6.45, 7) is 5.18. The third-order valence-corrected chi connectivity index (χ3v) is 2.89. The van der Waals surface area contributed by atoms with Crippen molar-refractivity contribution in [2.24, 2.45) is 0 Å². The molecule has 0 aliphatic rings. The Hall–Kier alpha value is -1.33. The van der Waals surface area contributed by atoms with E-state index in [1.165, 1.54) is 6.20 Å². The number of pyridine rings is 1. The van der Waals surface area contributed by atoms with Gasteiger partial charge in [-0.05, 0) is 19.4 Å². The van der Waals surface area contributed by atoms with Gasteiger partial charge in [-0.2, -0.15) is 0 Å². The van der Waals surface area contributed by atoms with E-state index in [1.807, 2.05) is 6.92 Å². The van der Waals surface area contributed by atoms with Gasteiger partial charge in [-0.1, -0.05) is 18.5 Å². The first-order valence-corrected chi connectivity index (χ1v) is 6.66. The van der Waals surface area contributed by atoms with Gasteiger partial charge < -0.3 is 15.4 Å². The van der Waals surface area contributed by atoms with E-state index >= 15 is 0 Å². The minimum atomic E-state index is -0.208. The maximum Gasteiger partial charge on any atom is 0.252 e. The average Bonchev–Trinajstić information content (AvgIpc) is 2.42. The molecule has 6 heteroatoms. The molecule has 5 nitrogen and oxygen atoms in total. The van der Waals surface area contributed by atoms with E-state index in [0.29, 0.717) is 22.9 Å². The number of aromatic nitrogens is 1. The number of methoxy groups -OCH3 is 1. The molecule has 0 aliphatic carbocycles. The number of amides is 1. The number of nitrogens with zero attached hydrogens (tertiary/aromatic N) is 1. The first kappa shape index (κ1) is 15.7. The molecule has 0 saturated carbocycles. The van der Waals surface area contributed by atoms with Crippen LogP contribution in [-0.2, 0) is 4.74 Å². The lowest BCUT2D eigenvalue weighted by Crippen LogP contribution is -2.31. The van der Waals surface area contributed by atoms with Crippen molar-refractivity contribution < 1.29 is 9.53 Å². The lowest BCUT2D eigenvalue weighted by molar-refractivity contribution is 0.0870. The van der Waals surface area contributed by atoms with E-state index < -0.39 is 0 Å². The van der Waals surface area contributed by atoms with Crippen LogP contribution in [-0.4, -0.2) is 37.2 Å². The number of rotatable bonds is 7. The van der Waals surface area contributed by atoms with Gasteiger partial charge in [-0.15, -0.1) is 0 Å². The number of carbonyl (C=O) groups is 1. The summed E-state index contributed by atoms with van der Waals surface area (Å²) in [5, 5.41) is 6.30. The van der Waals surface area contributed by atoms with E-state index in [4.69, 9.17) is 16.3 Å². The molecule has 0 aliphatic heterocycles. The number of halogens is 1. The number of ether oxygens (including phenoxy) is 1. The molecule has 1 aromatic rings. The Morgan fingerprint density at radius 3 is 2.89 bits per heavy atom. The summed E-state index contributed by atoms with van der Waals surface area (Å²) in [4.78, 5) is 16.0. The quantitative estimate of drug-likeness (QED) is 0.807. The Labute approximate surface area is 118 Å². The van der Waals surface area contributed by atoms with Crippen molar-refractivity contribution >= 4 is 23.3 Å². The first-order chi connectivity index (χ1) is 9.08. The molecule has 19 heavy (non-hydrogen) atoms. The van der Waals surface area contributed by atoms with Crippen LogP contribution in [0.2, 0.25) is 5.02 Å². The zero-order valence-corrected chi connectivity index (χ0v) is 12.3. The number of anilines is 1. The Balaban J connectivity index is 2.63. The molecule has 1 amide bonds. The first-order valence-electron chi connectivity index (χ1n) is 6.28. The Morgan fingerprint density at radius 2 is 2.32 bits per heavy atom. The Morgan fingerprint density at radius 1 is 1.58 bits per heavy atom. The van der Waals surface area contributed by atoms with Gasteiger partial charge in [-0.3, -0.25) is 4.79 Å². The Kier molecular flexibility index (Phi) is 6.59. The van der Waals surface area contributed by atoms with Crippen molar-refractivity contribution in [1.29, 1.82) is 0 Å². The van der Waals surface area contributed by atoms with Gasteiger partial charge in [0.05, 0.1) is 16.7 Å². The van der Waals surface area contributed by atoms with Crippen molar-refractivity contribution in [3.63, 3.8) is 0 Å². The number of hydrogen-bond donors (Lipinski definition) is 2. The topological polar surface area (TPSA) is 63.2 Å². The van der Waals surface area contributed by atoms with Gasteiger partial charge in [0, 0.05) is 26.4 Å². The minimum Gasteiger partial charge on any atom is -0.380 e. The fourth-order valence-corrected chi connectivity index (χ4v) is 1.59. The molecular weight excluding hydrogens is 266 g/mol. The predicted molar refractivity (Wildman–Crippen MR) is 76.8 cm³/mol. The number of nitrogens with one attached hydrogen (secondary N) is 2. The zero-order chi connectivity index (χ0) is 14.3. The molecule has 0 aromatic carbocycles. The summed E-state index contributed by atoms with van der Waals surface area (Å²) in [6, 6.07) is 1.61. The van der Waals surface area contributed by atoms with E-state index in [1.54, 1.807) is 13.2 Å². The molecule has 1 unspecified atom stereocenters. The summed E-state index contributed by atoms with van der Waals surface area (Å²) >= 11 is 6.07. The summed E-state index contributed by atoms with van der Waals surface area (Å²) in [6.07, 6.45) is 2.46. The van der Waals surface area contributed by atoms with Crippen LogP contribution in [0.15, 0.2) is 12.3 Å². The average molecular weight is 286 g/mol. The molecule has 0 spiro atoms. The lowest BCUT2D eigenvalue weighted by atomic mass is 10.2. The molecule has 0 bridgehead atoms. The van der Waals surface area contributed by atoms with Crippen LogP contribution in [0.1, 0.15) is 30.6 Å². The predicted octanol–water partition coefficient (Wildman–Crippen LogP) is 2.32. The van der Waals surface area contributed by atoms with Crippen molar-refractivity contribution in [1.82, 2.24) is 10.3 Å². The van der Waals surface area contributed by atoms with Gasteiger partial charge in [0.1, 0.15) is 5.82 Å². The number of carbonyl (C=O) groups excluding carboxylic acids is 1. The molecule has 1 atom stereocenters. The third-order valence-electron chi connectivity index (χ3n) is 2.60. The molecule has 2 N–H and O–H groups in total. The van der Waals surface area contributed by atoms with Crippen molar-refractivity contribution in [3.8, 4) is 0 Å². The molecule has 0 radical (unpaired) electrons. The monoisotopic (exact) mass is 285 g/mol. The second-order valence-electron chi connectivity index (χ2n) is 4.24. The minimum absolute atomic E-state index is 0.0297. The largest absolute Gasteiger partial charge is 0.380 e. The van der Waals surface area contributed by atoms with E-state index in [9.17, 15) is 4.79 Å². The highest BCUT2D eigenvalue weighted by molar-refractivity contribution is 6.33. The van der Waals surface area contributed by atoms with Crippen LogP contribution in [0.3, 0.4) is 0 Å². The van der Waals surface area contributed by atoms with E-state index in [2.05, 4.69) is 22.5 Å². The highest BCUT2D eigenvalue weighted by atomic mass is 35.5. The SMILES string of the molecule is CCCNc1ncc(C(=O)NCC(C)OC)cc1Cl. The van der Waals surface area contributed by atoms with Crippen LogP contribution in [0.5, 0.6) is 0 Å². The highest BCUT2D eigenvalue weighted by Gasteiger charge is 2.10. The summed E-state index contributed by atoms with van der Waals surface area (Å²) in [5.41, 5.74) is 0.440. The van der Waals surface area contributed by atoms with E-state index in [-0.39, 0.29) is 12.0 Å². The molecule has 1 rings (SSSR count). The maximum absolute atomic E-state index is 11.9. The molecule has 0 saturated heterocycles. The van der Waals surface area contributed by atoms with Crippen LogP contribution >= 0.6 is 11.6 Å². The second kappa shape index (κ2) is 7.96. The second-order valence-corrected chi connectivity index (χ2v) is 4.64. The van der Waals surface area contributed by atoms with Gasteiger partial charge >= 0.3 is 0 Å². The van der Waals surface area contributed by atoms with E-state index in [0.717, 1.165) is 13.0 Å². The van der Waals surface area contributed by atoms with Crippen LogP contribution in [0.25, 0.3) is 0 Å². The Bertz CT molecular complexity index is 426. The third kappa shape index (κ3) is 5.04. The smallest absolute Gasteiger partial charge is 0.252 e. The molecular formula is C13H20ClN3O2. The van der Waals surface area contributed by atoms with Gasteiger partial charge in [0.15, 0.2) is 0 Å². The fraction of sp³-hybridized carbons (Fsp3) is 0.538. The van der Waals surface area contributed by atoms with Crippen molar-refractivity contribution in [2.45, 2.75) is 26.4 Å². The lowest BCUT2D eigenvalue weighted by Gasteiger charge is -2.11. The zero-order valence-electron chi connectivity index (χ0n) is 11.5. The summed E-state index contributed by atoms with van der Waals surface area (Å²) in [7, 11) is 1.60. The summed E-state index contributed by atoms with van der Waals surface area (Å²) < 4.78 is 5.06. The van der Waals surface area contributed by atoms with Crippen LogP contribution in [0.4, 0.5) is 5.82 Å². The summed E-state index contributed by atoms with van der Waals surface area (Å²) in [5.74, 6) is 0.394. The molecule has 1 heterocycles. The molecule has 0 fully saturated rings. The standard InChI is InChI=1S/C13H20ClN3O2/c1-4-5-15-12-11(14)6-10(8-16-12)13(18)17-7-9(2)19-3/h6,8-9H,4-5,7H2,1-3H3,(H,15,16)(H,17,18). The van der Waals surface area contributed by atoms with Gasteiger partial charge in [0.25, 0.3) is 5.91 Å². The molecule has 106 valence electrons.